The number of hydrogen-bond donors (Lipinski definition) is 0. The summed E-state index contributed by atoms with van der Waals surface area (Å²) in [5.74, 6) is -1.60. The Bertz CT molecular complexity index is 1920. The first-order valence-electron chi connectivity index (χ1n) is 12.9. The fourth-order valence-corrected chi connectivity index (χ4v) is 5.94. The van der Waals surface area contributed by atoms with Gasteiger partial charge in [0.1, 0.15) is 41.3 Å². The van der Waals surface area contributed by atoms with Crippen LogP contribution in [-0.2, 0) is 13.1 Å². The van der Waals surface area contributed by atoms with Crippen molar-refractivity contribution in [3.63, 3.8) is 0 Å². The second kappa shape index (κ2) is 12.2. The maximum atomic E-state index is 14.8. The van der Waals surface area contributed by atoms with Crippen LogP contribution in [0.15, 0.2) is 70.4 Å². The van der Waals surface area contributed by atoms with E-state index in [1.165, 1.54) is 48.7 Å². The molecule has 0 N–H and O–H groups in total. The number of aromatic nitrogens is 3. The van der Waals surface area contributed by atoms with Gasteiger partial charge in [0, 0.05) is 29.1 Å². The summed E-state index contributed by atoms with van der Waals surface area (Å²) in [7, 11) is 3.56. The molecule has 3 aromatic heterocycles. The van der Waals surface area contributed by atoms with E-state index in [9.17, 15) is 32.9 Å². The molecule has 0 bridgehead atoms. The molecule has 0 aliphatic heterocycles. The molecule has 0 saturated heterocycles. The van der Waals surface area contributed by atoms with Gasteiger partial charge in [0.15, 0.2) is 0 Å². The van der Waals surface area contributed by atoms with Gasteiger partial charge in [-0.05, 0) is 61.6 Å². The number of ether oxygens (including phenoxy) is 1. The standard InChI is InChI=1S/C29H24F3N5O5S/c1-34(2)15-21-25-27(38)36(24-11-10-19(14-33-24)42-13-12-30)29(39)35(16-20-22(31)4-3-5-23(20)32)28(25)43-26(21)17-6-8-18(9-7-17)37(40)41/h3-11,14H,12-13,15-16H2,1-2H3. The van der Waals surface area contributed by atoms with Crippen molar-refractivity contribution < 1.29 is 22.8 Å². The van der Waals surface area contributed by atoms with Gasteiger partial charge >= 0.3 is 5.69 Å². The molecule has 0 aliphatic rings. The molecule has 3 heterocycles. The number of rotatable bonds is 10. The van der Waals surface area contributed by atoms with Gasteiger partial charge in [-0.25, -0.2) is 27.5 Å². The molecule has 5 aromatic rings. The maximum absolute atomic E-state index is 14.8. The number of halogens is 3. The first kappa shape index (κ1) is 29.7. The molecule has 0 unspecified atom stereocenters. The summed E-state index contributed by atoms with van der Waals surface area (Å²) in [6, 6.07) is 11.9. The topological polar surface area (TPSA) is 112 Å². The Balaban J connectivity index is 1.83. The van der Waals surface area contributed by atoms with Crippen molar-refractivity contribution in [1.82, 2.24) is 19.0 Å². The summed E-state index contributed by atoms with van der Waals surface area (Å²) < 4.78 is 49.3. The van der Waals surface area contributed by atoms with Crippen LogP contribution >= 0.6 is 11.3 Å². The molecular weight excluding hydrogens is 587 g/mol. The van der Waals surface area contributed by atoms with Crippen LogP contribution in [0, 0.1) is 21.7 Å². The predicted octanol–water partition coefficient (Wildman–Crippen LogP) is 4.92. The van der Waals surface area contributed by atoms with Gasteiger partial charge in [-0.15, -0.1) is 11.3 Å². The Morgan fingerprint density at radius 3 is 2.30 bits per heavy atom. The lowest BCUT2D eigenvalue weighted by Gasteiger charge is -2.14. The third-order valence-electron chi connectivity index (χ3n) is 6.56. The van der Waals surface area contributed by atoms with Crippen molar-refractivity contribution in [2.75, 3.05) is 27.4 Å². The molecule has 0 amide bonds. The van der Waals surface area contributed by atoms with Crippen molar-refractivity contribution in [2.45, 2.75) is 13.1 Å². The average molecular weight is 612 g/mol. The molecule has 222 valence electrons. The number of nitro groups is 1. The normalized spacial score (nSPS) is 11.4. The molecule has 43 heavy (non-hydrogen) atoms. The van der Waals surface area contributed by atoms with Crippen LogP contribution in [0.5, 0.6) is 5.75 Å². The van der Waals surface area contributed by atoms with E-state index in [0.717, 1.165) is 32.6 Å². The lowest BCUT2D eigenvalue weighted by atomic mass is 10.1. The number of thiophene rings is 1. The molecule has 0 atom stereocenters. The number of pyridine rings is 1. The van der Waals surface area contributed by atoms with E-state index in [1.54, 1.807) is 19.0 Å². The largest absolute Gasteiger partial charge is 0.489 e. The highest BCUT2D eigenvalue weighted by Gasteiger charge is 2.26. The number of hydrogen-bond acceptors (Lipinski definition) is 8. The van der Waals surface area contributed by atoms with Crippen LogP contribution in [0.1, 0.15) is 11.1 Å². The van der Waals surface area contributed by atoms with E-state index in [-0.39, 0.29) is 46.2 Å². The Hall–Kier alpha value is -4.82. The fourth-order valence-electron chi connectivity index (χ4n) is 4.63. The Labute approximate surface area is 246 Å². The van der Waals surface area contributed by atoms with Gasteiger partial charge in [0.25, 0.3) is 11.2 Å². The molecule has 0 spiro atoms. The quantitative estimate of drug-likeness (QED) is 0.163. The van der Waals surface area contributed by atoms with E-state index in [4.69, 9.17) is 4.74 Å². The van der Waals surface area contributed by atoms with Gasteiger partial charge in [0.2, 0.25) is 0 Å². The van der Waals surface area contributed by atoms with Gasteiger partial charge in [-0.1, -0.05) is 6.07 Å². The number of nitrogens with zero attached hydrogens (tertiary/aromatic N) is 5. The summed E-state index contributed by atoms with van der Waals surface area (Å²) in [6.07, 6.45) is 1.23. The summed E-state index contributed by atoms with van der Waals surface area (Å²) >= 11 is 1.07. The summed E-state index contributed by atoms with van der Waals surface area (Å²) in [5, 5.41) is 11.4. The average Bonchev–Trinajstić information content (AvgIpc) is 3.34. The molecule has 0 radical (unpaired) electrons. The Kier molecular flexibility index (Phi) is 8.41. The summed E-state index contributed by atoms with van der Waals surface area (Å²) in [6.45, 7) is -1.23. The third-order valence-corrected chi connectivity index (χ3v) is 7.87. The zero-order valence-corrected chi connectivity index (χ0v) is 23.7. The minimum atomic E-state index is -0.891. The first-order chi connectivity index (χ1) is 20.6. The highest BCUT2D eigenvalue weighted by Crippen LogP contribution is 2.38. The van der Waals surface area contributed by atoms with Crippen molar-refractivity contribution >= 4 is 27.2 Å². The van der Waals surface area contributed by atoms with Gasteiger partial charge in [0.05, 0.1) is 23.1 Å². The Morgan fingerprint density at radius 2 is 1.72 bits per heavy atom. The molecule has 14 heteroatoms. The molecule has 2 aromatic carbocycles. The van der Waals surface area contributed by atoms with Gasteiger partial charge < -0.3 is 9.64 Å². The van der Waals surface area contributed by atoms with Crippen molar-refractivity contribution in [3.05, 3.63) is 115 Å². The van der Waals surface area contributed by atoms with Gasteiger partial charge in [-0.2, -0.15) is 0 Å². The summed E-state index contributed by atoms with van der Waals surface area (Å²) in [4.78, 5) is 45.5. The molecular formula is C29H24F3N5O5S. The second-order valence-corrected chi connectivity index (χ2v) is 10.7. The maximum Gasteiger partial charge on any atom is 0.338 e. The number of fused-ring (bicyclic) bond motifs is 1. The van der Waals surface area contributed by atoms with Crippen LogP contribution in [-0.4, -0.2) is 51.3 Å². The highest BCUT2D eigenvalue weighted by molar-refractivity contribution is 7.22. The zero-order valence-electron chi connectivity index (χ0n) is 22.9. The number of alkyl halides is 1. The van der Waals surface area contributed by atoms with Crippen LogP contribution in [0.3, 0.4) is 0 Å². The Morgan fingerprint density at radius 1 is 1.02 bits per heavy atom. The number of benzene rings is 2. The smallest absolute Gasteiger partial charge is 0.338 e. The molecule has 0 aliphatic carbocycles. The fraction of sp³-hybridized carbons (Fsp3) is 0.207. The van der Waals surface area contributed by atoms with E-state index in [2.05, 4.69) is 4.98 Å². The SMILES string of the molecule is CN(C)Cc1c(-c2ccc([N+](=O)[O-])cc2)sc2c1c(=O)n(-c1ccc(OCCF)cn1)c(=O)n2Cc1c(F)cccc1F. The van der Waals surface area contributed by atoms with Crippen molar-refractivity contribution in [1.29, 1.82) is 0 Å². The minimum Gasteiger partial charge on any atom is -0.489 e. The van der Waals surface area contributed by atoms with Crippen molar-refractivity contribution in [3.8, 4) is 22.0 Å². The first-order valence-corrected chi connectivity index (χ1v) is 13.7. The molecule has 0 fully saturated rings. The number of nitro benzene ring substituents is 1. The zero-order chi connectivity index (χ0) is 30.8. The predicted molar refractivity (Wildman–Crippen MR) is 156 cm³/mol. The lowest BCUT2D eigenvalue weighted by Crippen LogP contribution is -2.39. The second-order valence-electron chi connectivity index (χ2n) is 9.73. The lowest BCUT2D eigenvalue weighted by molar-refractivity contribution is -0.384. The van der Waals surface area contributed by atoms with E-state index in [1.807, 2.05) is 0 Å². The van der Waals surface area contributed by atoms with Gasteiger partial charge in [-0.3, -0.25) is 19.5 Å². The summed E-state index contributed by atoms with van der Waals surface area (Å²) in [5.41, 5.74) is -1.03. The van der Waals surface area contributed by atoms with E-state index < -0.39 is 41.0 Å². The third kappa shape index (κ3) is 5.79. The molecule has 5 rings (SSSR count). The van der Waals surface area contributed by atoms with Crippen LogP contribution < -0.4 is 16.0 Å². The van der Waals surface area contributed by atoms with E-state index >= 15 is 0 Å². The molecule has 0 saturated carbocycles. The highest BCUT2D eigenvalue weighted by atomic mass is 32.1. The minimum absolute atomic E-state index is 0.0776. The van der Waals surface area contributed by atoms with Crippen LogP contribution in [0.25, 0.3) is 26.5 Å². The monoisotopic (exact) mass is 611 g/mol. The van der Waals surface area contributed by atoms with E-state index in [0.29, 0.717) is 16.0 Å². The van der Waals surface area contributed by atoms with Crippen LogP contribution in [0.2, 0.25) is 0 Å². The van der Waals surface area contributed by atoms with Crippen molar-refractivity contribution in [2.24, 2.45) is 0 Å². The molecule has 10 nitrogen and oxygen atoms in total. The number of non-ortho nitro benzene ring substituents is 1. The van der Waals surface area contributed by atoms with Crippen LogP contribution in [0.4, 0.5) is 18.9 Å².